The lowest BCUT2D eigenvalue weighted by Crippen LogP contribution is -2.39. The number of fused-ring (bicyclic) bond motifs is 1. The average Bonchev–Trinajstić information content (AvgIpc) is 2.84. The van der Waals surface area contributed by atoms with Crippen molar-refractivity contribution in [2.24, 2.45) is 0 Å². The Labute approximate surface area is 138 Å². The lowest BCUT2D eigenvalue weighted by Gasteiger charge is -2.25. The van der Waals surface area contributed by atoms with Crippen LogP contribution in [-0.2, 0) is 6.42 Å². The number of carbonyl (C=O) groups is 1. The van der Waals surface area contributed by atoms with E-state index in [0.29, 0.717) is 5.92 Å². The van der Waals surface area contributed by atoms with Gasteiger partial charge in [-0.1, -0.05) is 50.2 Å². The highest BCUT2D eigenvalue weighted by molar-refractivity contribution is 6.04. The maximum Gasteiger partial charge on any atom is 0.326 e. The Morgan fingerprint density at radius 3 is 2.65 bits per heavy atom. The number of benzene rings is 2. The number of nitrogens with one attached hydrogen (secondary N) is 1. The average molecular weight is 308 g/mol. The van der Waals surface area contributed by atoms with E-state index < -0.39 is 0 Å². The molecule has 0 radical (unpaired) electrons. The van der Waals surface area contributed by atoms with Crippen LogP contribution in [0.3, 0.4) is 0 Å². The van der Waals surface area contributed by atoms with Gasteiger partial charge in [0.2, 0.25) is 0 Å². The van der Waals surface area contributed by atoms with Crippen molar-refractivity contribution < 1.29 is 4.79 Å². The molecule has 1 N–H and O–H groups in total. The van der Waals surface area contributed by atoms with Crippen molar-refractivity contribution in [1.29, 1.82) is 0 Å². The highest BCUT2D eigenvalue weighted by Crippen LogP contribution is 2.33. The minimum absolute atomic E-state index is 0.0429. The number of aryl methyl sites for hydroxylation is 1. The zero-order chi connectivity index (χ0) is 16.6. The van der Waals surface area contributed by atoms with Gasteiger partial charge in [-0.05, 0) is 48.9 Å². The van der Waals surface area contributed by atoms with Gasteiger partial charge >= 0.3 is 6.03 Å². The number of carbonyl (C=O) groups excluding carboxylic acids is 1. The van der Waals surface area contributed by atoms with E-state index in [9.17, 15) is 4.79 Å². The van der Waals surface area contributed by atoms with Gasteiger partial charge in [0.25, 0.3) is 0 Å². The van der Waals surface area contributed by atoms with Crippen molar-refractivity contribution in [3.63, 3.8) is 0 Å². The summed E-state index contributed by atoms with van der Waals surface area (Å²) in [5, 5.41) is 3.16. The van der Waals surface area contributed by atoms with Crippen LogP contribution >= 0.6 is 0 Å². The van der Waals surface area contributed by atoms with Gasteiger partial charge in [0.15, 0.2) is 0 Å². The topological polar surface area (TPSA) is 32.3 Å². The van der Waals surface area contributed by atoms with Crippen molar-refractivity contribution in [3.8, 4) is 0 Å². The Morgan fingerprint density at radius 2 is 1.91 bits per heavy atom. The number of anilines is 2. The number of hydrogen-bond acceptors (Lipinski definition) is 1. The van der Waals surface area contributed by atoms with E-state index in [1.807, 2.05) is 42.2 Å². The number of para-hydroxylation sites is 2. The van der Waals surface area contributed by atoms with Crippen LogP contribution in [0.5, 0.6) is 0 Å². The monoisotopic (exact) mass is 308 g/mol. The first kappa shape index (κ1) is 15.6. The van der Waals surface area contributed by atoms with E-state index in [0.717, 1.165) is 23.4 Å². The Kier molecular flexibility index (Phi) is 4.12. The first-order chi connectivity index (χ1) is 11.0. The SMILES string of the molecule is Cc1cccc(C(C)C)c1NC(=O)N1c2ccccc2CC1C. The van der Waals surface area contributed by atoms with Crippen LogP contribution in [-0.4, -0.2) is 12.1 Å². The van der Waals surface area contributed by atoms with E-state index in [4.69, 9.17) is 0 Å². The van der Waals surface area contributed by atoms with E-state index in [1.165, 1.54) is 11.1 Å². The molecule has 0 saturated heterocycles. The molecule has 120 valence electrons. The van der Waals surface area contributed by atoms with E-state index in [1.54, 1.807) is 0 Å². The predicted molar refractivity (Wildman–Crippen MR) is 96.4 cm³/mol. The third-order valence-corrected chi connectivity index (χ3v) is 4.59. The first-order valence-corrected chi connectivity index (χ1v) is 8.26. The minimum Gasteiger partial charge on any atom is -0.307 e. The summed E-state index contributed by atoms with van der Waals surface area (Å²) in [7, 11) is 0. The van der Waals surface area contributed by atoms with Crippen molar-refractivity contribution in [2.75, 3.05) is 10.2 Å². The zero-order valence-corrected chi connectivity index (χ0v) is 14.3. The molecule has 0 saturated carbocycles. The van der Waals surface area contributed by atoms with Crippen molar-refractivity contribution in [3.05, 3.63) is 59.2 Å². The second kappa shape index (κ2) is 6.07. The lowest BCUT2D eigenvalue weighted by atomic mass is 9.98. The largest absolute Gasteiger partial charge is 0.326 e. The number of amides is 2. The zero-order valence-electron chi connectivity index (χ0n) is 14.3. The van der Waals surface area contributed by atoms with Gasteiger partial charge in [0, 0.05) is 17.4 Å². The molecule has 1 heterocycles. The molecule has 1 aliphatic heterocycles. The predicted octanol–water partition coefficient (Wildman–Crippen LogP) is 5.10. The molecule has 0 bridgehead atoms. The Hall–Kier alpha value is -2.29. The van der Waals surface area contributed by atoms with Gasteiger partial charge in [0.1, 0.15) is 0 Å². The van der Waals surface area contributed by atoms with Gasteiger partial charge < -0.3 is 5.32 Å². The minimum atomic E-state index is -0.0429. The fourth-order valence-electron chi connectivity index (χ4n) is 3.38. The summed E-state index contributed by atoms with van der Waals surface area (Å²) in [6.07, 6.45) is 0.911. The van der Waals surface area contributed by atoms with Crippen LogP contribution < -0.4 is 10.2 Å². The van der Waals surface area contributed by atoms with Crippen LogP contribution in [0, 0.1) is 6.92 Å². The molecule has 23 heavy (non-hydrogen) atoms. The molecule has 0 aliphatic carbocycles. The molecule has 1 unspecified atom stereocenters. The Balaban J connectivity index is 1.92. The molecular weight excluding hydrogens is 284 g/mol. The molecule has 0 spiro atoms. The first-order valence-electron chi connectivity index (χ1n) is 8.26. The van der Waals surface area contributed by atoms with Gasteiger partial charge in [-0.15, -0.1) is 0 Å². The van der Waals surface area contributed by atoms with E-state index in [-0.39, 0.29) is 12.1 Å². The Morgan fingerprint density at radius 1 is 1.17 bits per heavy atom. The number of hydrogen-bond donors (Lipinski definition) is 1. The maximum atomic E-state index is 12.9. The molecule has 3 nitrogen and oxygen atoms in total. The molecule has 0 aromatic heterocycles. The Bertz CT molecular complexity index is 736. The third-order valence-electron chi connectivity index (χ3n) is 4.59. The molecule has 3 heteroatoms. The number of rotatable bonds is 2. The number of urea groups is 1. The second-order valence-electron chi connectivity index (χ2n) is 6.68. The van der Waals surface area contributed by atoms with Crippen molar-refractivity contribution in [1.82, 2.24) is 0 Å². The summed E-state index contributed by atoms with van der Waals surface area (Å²) < 4.78 is 0. The summed E-state index contributed by atoms with van der Waals surface area (Å²) in [6, 6.07) is 14.5. The van der Waals surface area contributed by atoms with Crippen LogP contribution in [0.1, 0.15) is 43.4 Å². The van der Waals surface area contributed by atoms with Crippen molar-refractivity contribution >= 4 is 17.4 Å². The highest BCUT2D eigenvalue weighted by atomic mass is 16.2. The molecule has 0 fully saturated rings. The molecule has 3 rings (SSSR count). The summed E-state index contributed by atoms with van der Waals surface area (Å²) in [4.78, 5) is 14.8. The summed E-state index contributed by atoms with van der Waals surface area (Å²) in [5.41, 5.74) is 5.49. The normalized spacial score (nSPS) is 16.6. The molecule has 2 aromatic carbocycles. The molecule has 2 amide bonds. The lowest BCUT2D eigenvalue weighted by molar-refractivity contribution is 0.255. The highest BCUT2D eigenvalue weighted by Gasteiger charge is 2.31. The van der Waals surface area contributed by atoms with Crippen molar-refractivity contribution in [2.45, 2.75) is 46.1 Å². The summed E-state index contributed by atoms with van der Waals surface area (Å²) >= 11 is 0. The maximum absolute atomic E-state index is 12.9. The smallest absolute Gasteiger partial charge is 0.307 e. The van der Waals surface area contributed by atoms with Gasteiger partial charge in [-0.2, -0.15) is 0 Å². The summed E-state index contributed by atoms with van der Waals surface area (Å²) in [5.74, 6) is 0.369. The fraction of sp³-hybridized carbons (Fsp3) is 0.350. The van der Waals surface area contributed by atoms with E-state index in [2.05, 4.69) is 38.2 Å². The molecule has 2 aromatic rings. The van der Waals surface area contributed by atoms with Crippen LogP contribution in [0.25, 0.3) is 0 Å². The quantitative estimate of drug-likeness (QED) is 0.822. The molecular formula is C20H24N2O. The van der Waals surface area contributed by atoms with Crippen LogP contribution in [0.15, 0.2) is 42.5 Å². The third kappa shape index (κ3) is 2.83. The van der Waals surface area contributed by atoms with Gasteiger partial charge in [-0.25, -0.2) is 4.79 Å². The molecule has 1 aliphatic rings. The number of nitrogens with zero attached hydrogens (tertiary/aromatic N) is 1. The van der Waals surface area contributed by atoms with Gasteiger partial charge in [-0.3, -0.25) is 4.90 Å². The van der Waals surface area contributed by atoms with E-state index >= 15 is 0 Å². The van der Waals surface area contributed by atoms with Crippen LogP contribution in [0.4, 0.5) is 16.2 Å². The molecule has 1 atom stereocenters. The van der Waals surface area contributed by atoms with Crippen LogP contribution in [0.2, 0.25) is 0 Å². The van der Waals surface area contributed by atoms with Gasteiger partial charge in [0.05, 0.1) is 0 Å². The summed E-state index contributed by atoms with van der Waals surface area (Å²) in [6.45, 7) is 8.44. The standard InChI is InChI=1S/C20H24N2O/c1-13(2)17-10-7-8-14(3)19(17)21-20(23)22-15(4)12-16-9-5-6-11-18(16)22/h5-11,13,15H,12H2,1-4H3,(H,21,23). The second-order valence-corrected chi connectivity index (χ2v) is 6.68. The fourth-order valence-corrected chi connectivity index (χ4v) is 3.38.